The average Bonchev–Trinajstić information content (AvgIpc) is 2.69. The van der Waals surface area contributed by atoms with Crippen LogP contribution < -0.4 is 4.74 Å². The van der Waals surface area contributed by atoms with Crippen LogP contribution in [0.15, 0.2) is 24.3 Å². The first-order valence-corrected chi connectivity index (χ1v) is 7.45. The van der Waals surface area contributed by atoms with E-state index in [4.69, 9.17) is 16.3 Å². The average molecular weight is 295 g/mol. The number of rotatable bonds is 1. The molecule has 0 amide bonds. The summed E-state index contributed by atoms with van der Waals surface area (Å²) in [5, 5.41) is 10.9. The van der Waals surface area contributed by atoms with E-state index in [2.05, 4.69) is 19.9 Å². The fourth-order valence-electron chi connectivity index (χ4n) is 2.58. The van der Waals surface area contributed by atoms with Crippen molar-refractivity contribution in [2.75, 3.05) is 0 Å². The molecule has 100 valence electrons. The van der Waals surface area contributed by atoms with E-state index in [1.54, 1.807) is 23.5 Å². The maximum atomic E-state index is 10.3. The Morgan fingerprint density at radius 2 is 2.05 bits per heavy atom. The van der Waals surface area contributed by atoms with Gasteiger partial charge in [-0.25, -0.2) is 0 Å². The lowest BCUT2D eigenvalue weighted by atomic mass is 9.95. The number of thiophene rings is 1. The van der Waals surface area contributed by atoms with Gasteiger partial charge < -0.3 is 9.84 Å². The highest BCUT2D eigenvalue weighted by Crippen LogP contribution is 2.43. The third-order valence-electron chi connectivity index (χ3n) is 3.46. The summed E-state index contributed by atoms with van der Waals surface area (Å²) in [6.45, 7) is 4.19. The lowest BCUT2D eigenvalue weighted by molar-refractivity contribution is 0.0657. The molecule has 0 saturated heterocycles. The van der Waals surface area contributed by atoms with Crippen LogP contribution in [-0.4, -0.2) is 5.11 Å². The summed E-state index contributed by atoms with van der Waals surface area (Å²) in [4.78, 5) is 2.53. The summed E-state index contributed by atoms with van der Waals surface area (Å²) >= 11 is 7.72. The van der Waals surface area contributed by atoms with Crippen LogP contribution >= 0.6 is 22.9 Å². The maximum absolute atomic E-state index is 10.3. The van der Waals surface area contributed by atoms with Gasteiger partial charge in [0.25, 0.3) is 0 Å². The first-order valence-electron chi connectivity index (χ1n) is 6.25. The molecule has 1 aromatic heterocycles. The van der Waals surface area contributed by atoms with Gasteiger partial charge in [0, 0.05) is 32.3 Å². The third kappa shape index (κ3) is 2.38. The van der Waals surface area contributed by atoms with E-state index < -0.39 is 6.10 Å². The number of hydrogen-bond acceptors (Lipinski definition) is 3. The van der Waals surface area contributed by atoms with E-state index in [0.717, 1.165) is 11.3 Å². The number of ether oxygens (including phenoxy) is 1. The van der Waals surface area contributed by atoms with Crippen molar-refractivity contribution >= 4 is 22.9 Å². The molecule has 0 bridgehead atoms. The Balaban J connectivity index is 1.97. The van der Waals surface area contributed by atoms with Crippen molar-refractivity contribution < 1.29 is 9.84 Å². The Kier molecular flexibility index (Phi) is 3.29. The van der Waals surface area contributed by atoms with Crippen molar-refractivity contribution in [2.45, 2.75) is 32.5 Å². The molecule has 4 heteroatoms. The van der Waals surface area contributed by atoms with Crippen molar-refractivity contribution in [3.8, 4) is 5.75 Å². The van der Waals surface area contributed by atoms with Crippen LogP contribution in [0.1, 0.15) is 39.5 Å². The van der Waals surface area contributed by atoms with Gasteiger partial charge >= 0.3 is 0 Å². The molecular formula is C15H15ClO2S. The largest absolute Gasteiger partial charge is 0.485 e. The Morgan fingerprint density at radius 3 is 2.74 bits per heavy atom. The lowest BCUT2D eigenvalue weighted by Crippen LogP contribution is -2.19. The third-order valence-corrected chi connectivity index (χ3v) is 4.68. The SMILES string of the molecule is Cc1cc(C2C[C@@H](O)c3cc(Cl)ccc3O2)c(C)s1. The number of fused-ring (bicyclic) bond motifs is 1. The Hall–Kier alpha value is -1.03. The van der Waals surface area contributed by atoms with Crippen LogP contribution in [0.5, 0.6) is 5.75 Å². The Morgan fingerprint density at radius 1 is 1.26 bits per heavy atom. The lowest BCUT2D eigenvalue weighted by Gasteiger charge is -2.30. The predicted molar refractivity (Wildman–Crippen MR) is 78.2 cm³/mol. The molecule has 0 radical (unpaired) electrons. The smallest absolute Gasteiger partial charge is 0.128 e. The molecule has 2 aromatic rings. The predicted octanol–water partition coefficient (Wildman–Crippen LogP) is 4.58. The normalized spacial score (nSPS) is 21.9. The fourth-order valence-corrected chi connectivity index (χ4v) is 3.74. The van der Waals surface area contributed by atoms with E-state index in [1.165, 1.54) is 15.3 Å². The molecule has 0 spiro atoms. The summed E-state index contributed by atoms with van der Waals surface area (Å²) in [6.07, 6.45) is -0.0228. The van der Waals surface area contributed by atoms with Gasteiger partial charge in [0.1, 0.15) is 11.9 Å². The van der Waals surface area contributed by atoms with Gasteiger partial charge in [-0.2, -0.15) is 0 Å². The monoisotopic (exact) mass is 294 g/mol. The van der Waals surface area contributed by atoms with Gasteiger partial charge in [-0.05, 0) is 38.1 Å². The summed E-state index contributed by atoms with van der Waals surface area (Å²) in [5.41, 5.74) is 1.97. The summed E-state index contributed by atoms with van der Waals surface area (Å²) in [6, 6.07) is 7.56. The molecule has 2 nitrogen and oxygen atoms in total. The molecule has 1 N–H and O–H groups in total. The first kappa shape index (κ1) is 13.0. The van der Waals surface area contributed by atoms with Crippen molar-refractivity contribution in [1.82, 2.24) is 0 Å². The van der Waals surface area contributed by atoms with E-state index in [-0.39, 0.29) is 6.10 Å². The van der Waals surface area contributed by atoms with E-state index in [1.807, 2.05) is 6.07 Å². The van der Waals surface area contributed by atoms with Gasteiger partial charge in [-0.1, -0.05) is 11.6 Å². The number of aryl methyl sites for hydroxylation is 2. The molecule has 2 atom stereocenters. The van der Waals surface area contributed by atoms with Crippen LogP contribution in [0.2, 0.25) is 5.02 Å². The first-order chi connectivity index (χ1) is 9.04. The molecule has 1 aromatic carbocycles. The summed E-state index contributed by atoms with van der Waals surface area (Å²) < 4.78 is 6.03. The maximum Gasteiger partial charge on any atom is 0.128 e. The van der Waals surface area contributed by atoms with Crippen LogP contribution in [0.4, 0.5) is 0 Å². The quantitative estimate of drug-likeness (QED) is 0.834. The molecule has 0 saturated carbocycles. The highest BCUT2D eigenvalue weighted by Gasteiger charge is 2.29. The molecule has 1 aliphatic heterocycles. The molecule has 0 fully saturated rings. The van der Waals surface area contributed by atoms with Gasteiger partial charge in [-0.15, -0.1) is 11.3 Å². The summed E-state index contributed by atoms with van der Waals surface area (Å²) in [5.74, 6) is 0.733. The highest BCUT2D eigenvalue weighted by atomic mass is 35.5. The highest BCUT2D eigenvalue weighted by molar-refractivity contribution is 7.12. The molecule has 3 rings (SSSR count). The summed E-state index contributed by atoms with van der Waals surface area (Å²) in [7, 11) is 0. The minimum absolute atomic E-state index is 0.0753. The van der Waals surface area contributed by atoms with E-state index in [0.29, 0.717) is 11.4 Å². The van der Waals surface area contributed by atoms with Crippen molar-refractivity contribution in [1.29, 1.82) is 0 Å². The molecule has 1 unspecified atom stereocenters. The van der Waals surface area contributed by atoms with Crippen LogP contribution in [0, 0.1) is 13.8 Å². The minimum Gasteiger partial charge on any atom is -0.485 e. The zero-order valence-electron chi connectivity index (χ0n) is 10.8. The van der Waals surface area contributed by atoms with Gasteiger partial charge in [-0.3, -0.25) is 0 Å². The molecule has 19 heavy (non-hydrogen) atoms. The molecular weight excluding hydrogens is 280 g/mol. The van der Waals surface area contributed by atoms with Crippen molar-refractivity contribution in [3.05, 3.63) is 50.2 Å². The van der Waals surface area contributed by atoms with Crippen LogP contribution in [0.3, 0.4) is 0 Å². The molecule has 2 heterocycles. The van der Waals surface area contributed by atoms with Crippen molar-refractivity contribution in [3.63, 3.8) is 0 Å². The number of halogens is 1. The number of aliphatic hydroxyl groups excluding tert-OH is 1. The second kappa shape index (κ2) is 4.82. The van der Waals surface area contributed by atoms with Gasteiger partial charge in [0.05, 0.1) is 6.10 Å². The minimum atomic E-state index is -0.521. The van der Waals surface area contributed by atoms with Crippen LogP contribution in [0.25, 0.3) is 0 Å². The van der Waals surface area contributed by atoms with Gasteiger partial charge in [0.15, 0.2) is 0 Å². The van der Waals surface area contributed by atoms with E-state index in [9.17, 15) is 5.11 Å². The van der Waals surface area contributed by atoms with Crippen LogP contribution in [-0.2, 0) is 0 Å². The second-order valence-electron chi connectivity index (χ2n) is 4.91. The topological polar surface area (TPSA) is 29.5 Å². The standard InChI is InChI=1S/C15H15ClO2S/c1-8-5-11(9(2)19-8)15-7-13(17)12-6-10(16)3-4-14(12)18-15/h3-6,13,15,17H,7H2,1-2H3/t13-,15?/m1/s1. The number of aliphatic hydroxyl groups is 1. The molecule has 0 aliphatic carbocycles. The number of benzene rings is 1. The number of hydrogen-bond donors (Lipinski definition) is 1. The zero-order chi connectivity index (χ0) is 13.6. The molecule has 1 aliphatic rings. The second-order valence-corrected chi connectivity index (χ2v) is 6.81. The zero-order valence-corrected chi connectivity index (χ0v) is 12.4. The van der Waals surface area contributed by atoms with Gasteiger partial charge in [0.2, 0.25) is 0 Å². The van der Waals surface area contributed by atoms with Crippen molar-refractivity contribution in [2.24, 2.45) is 0 Å². The van der Waals surface area contributed by atoms with E-state index >= 15 is 0 Å². The Bertz CT molecular complexity index is 621. The fraction of sp³-hybridized carbons (Fsp3) is 0.333. The Labute approximate surface area is 121 Å².